The molecule has 2 aromatic rings. The molecule has 0 N–H and O–H groups in total. The quantitative estimate of drug-likeness (QED) is 0.703. The smallest absolute Gasteiger partial charge is 0.166 e. The third-order valence-corrected chi connectivity index (χ3v) is 3.95. The maximum atomic E-state index is 12.9. The fourth-order valence-corrected chi connectivity index (χ4v) is 2.42. The average molecular weight is 278 g/mol. The van der Waals surface area contributed by atoms with Gasteiger partial charge in [-0.2, -0.15) is 13.2 Å². The molecule has 3 heteroatoms. The molecule has 0 aliphatic heterocycles. The van der Waals surface area contributed by atoms with Crippen molar-refractivity contribution in [3.05, 3.63) is 71.3 Å². The van der Waals surface area contributed by atoms with Gasteiger partial charge in [-0.15, -0.1) is 0 Å². The molecule has 106 valence electrons. The van der Waals surface area contributed by atoms with Gasteiger partial charge < -0.3 is 0 Å². The molecule has 0 aromatic heterocycles. The second kappa shape index (κ2) is 5.31. The number of halogens is 3. The van der Waals surface area contributed by atoms with E-state index < -0.39 is 17.2 Å². The lowest BCUT2D eigenvalue weighted by atomic mass is 9.74. The van der Waals surface area contributed by atoms with Crippen molar-refractivity contribution < 1.29 is 13.2 Å². The highest BCUT2D eigenvalue weighted by Gasteiger charge is 2.33. The van der Waals surface area contributed by atoms with E-state index in [9.17, 15) is 13.2 Å². The summed E-state index contributed by atoms with van der Waals surface area (Å²) in [6.45, 7) is 3.98. The van der Waals surface area contributed by atoms with Crippen molar-refractivity contribution in [2.24, 2.45) is 0 Å². The summed E-state index contributed by atoms with van der Waals surface area (Å²) in [6.07, 6.45) is -3.57. The average Bonchev–Trinajstić information content (AvgIpc) is 2.46. The van der Waals surface area contributed by atoms with E-state index in [1.54, 1.807) is 6.07 Å². The van der Waals surface area contributed by atoms with Crippen LogP contribution in [0, 0.1) is 0 Å². The Bertz CT molecular complexity index is 572. The van der Waals surface area contributed by atoms with Crippen LogP contribution in [0.4, 0.5) is 13.2 Å². The Kier molecular flexibility index (Phi) is 3.89. The molecule has 0 spiro atoms. The minimum Gasteiger partial charge on any atom is -0.166 e. The summed E-state index contributed by atoms with van der Waals surface area (Å²) < 4.78 is 38.6. The van der Waals surface area contributed by atoms with E-state index in [0.29, 0.717) is 5.56 Å². The normalized spacial score (nSPS) is 14.8. The first kappa shape index (κ1) is 14.6. The van der Waals surface area contributed by atoms with Crippen LogP contribution in [0.25, 0.3) is 0 Å². The predicted molar refractivity (Wildman–Crippen MR) is 74.6 cm³/mol. The van der Waals surface area contributed by atoms with Gasteiger partial charge in [0.2, 0.25) is 0 Å². The SMILES string of the molecule is CCC(C)(c1ccccc1)c1cccc(C(F)(F)F)c1. The van der Waals surface area contributed by atoms with Crippen LogP contribution >= 0.6 is 0 Å². The number of rotatable bonds is 3. The lowest BCUT2D eigenvalue weighted by molar-refractivity contribution is -0.137. The molecular formula is C17H17F3. The molecule has 0 amide bonds. The topological polar surface area (TPSA) is 0 Å². The van der Waals surface area contributed by atoms with Gasteiger partial charge in [-0.1, -0.05) is 62.4 Å². The standard InChI is InChI=1S/C17H17F3/c1-3-16(2,13-8-5-4-6-9-13)14-10-7-11-15(12-14)17(18,19)20/h4-12H,3H2,1-2H3. The Labute approximate surface area is 117 Å². The van der Waals surface area contributed by atoms with Crippen LogP contribution in [-0.2, 0) is 11.6 Å². The van der Waals surface area contributed by atoms with Crippen molar-refractivity contribution in [2.75, 3.05) is 0 Å². The van der Waals surface area contributed by atoms with Crippen molar-refractivity contribution in [3.8, 4) is 0 Å². The van der Waals surface area contributed by atoms with Crippen LogP contribution in [0.15, 0.2) is 54.6 Å². The first-order valence-electron chi connectivity index (χ1n) is 6.61. The minimum atomic E-state index is -4.30. The lowest BCUT2D eigenvalue weighted by Gasteiger charge is -2.30. The van der Waals surface area contributed by atoms with Gasteiger partial charge in [-0.3, -0.25) is 0 Å². The van der Waals surface area contributed by atoms with Gasteiger partial charge in [0.1, 0.15) is 0 Å². The number of hydrogen-bond donors (Lipinski definition) is 0. The lowest BCUT2D eigenvalue weighted by Crippen LogP contribution is -2.23. The zero-order valence-corrected chi connectivity index (χ0v) is 11.5. The zero-order valence-electron chi connectivity index (χ0n) is 11.5. The molecule has 0 fully saturated rings. The van der Waals surface area contributed by atoms with Crippen molar-refractivity contribution in [1.29, 1.82) is 0 Å². The molecule has 0 radical (unpaired) electrons. The highest BCUT2D eigenvalue weighted by atomic mass is 19.4. The number of benzene rings is 2. The van der Waals surface area contributed by atoms with Gasteiger partial charge in [0.15, 0.2) is 0 Å². The highest BCUT2D eigenvalue weighted by Crippen LogP contribution is 2.38. The molecule has 1 atom stereocenters. The summed E-state index contributed by atoms with van der Waals surface area (Å²) in [7, 11) is 0. The van der Waals surface area contributed by atoms with E-state index in [2.05, 4.69) is 0 Å². The summed E-state index contributed by atoms with van der Waals surface area (Å²) in [5.74, 6) is 0. The molecule has 20 heavy (non-hydrogen) atoms. The first-order valence-corrected chi connectivity index (χ1v) is 6.61. The van der Waals surface area contributed by atoms with Crippen molar-refractivity contribution in [1.82, 2.24) is 0 Å². The number of alkyl halides is 3. The maximum Gasteiger partial charge on any atom is 0.416 e. The monoisotopic (exact) mass is 278 g/mol. The Hall–Kier alpha value is -1.77. The number of hydrogen-bond acceptors (Lipinski definition) is 0. The van der Waals surface area contributed by atoms with E-state index in [1.165, 1.54) is 12.1 Å². The fourth-order valence-electron chi connectivity index (χ4n) is 2.42. The van der Waals surface area contributed by atoms with E-state index >= 15 is 0 Å². The molecule has 2 aromatic carbocycles. The third-order valence-electron chi connectivity index (χ3n) is 3.95. The minimum absolute atomic E-state index is 0.414. The van der Waals surface area contributed by atoms with E-state index in [1.807, 2.05) is 44.2 Å². The molecule has 1 unspecified atom stereocenters. The van der Waals surface area contributed by atoms with Crippen molar-refractivity contribution in [3.63, 3.8) is 0 Å². The molecule has 0 heterocycles. The van der Waals surface area contributed by atoms with Crippen LogP contribution in [0.5, 0.6) is 0 Å². The molecule has 0 aliphatic rings. The predicted octanol–water partition coefficient (Wildman–Crippen LogP) is 5.42. The van der Waals surface area contributed by atoms with Gasteiger partial charge in [-0.05, 0) is 23.6 Å². The van der Waals surface area contributed by atoms with Crippen LogP contribution in [0.3, 0.4) is 0 Å². The van der Waals surface area contributed by atoms with Gasteiger partial charge in [0.25, 0.3) is 0 Å². The summed E-state index contributed by atoms with van der Waals surface area (Å²) >= 11 is 0. The molecule has 0 aliphatic carbocycles. The fraction of sp³-hybridized carbons (Fsp3) is 0.294. The van der Waals surface area contributed by atoms with Gasteiger partial charge >= 0.3 is 6.18 Å². The van der Waals surface area contributed by atoms with E-state index in [0.717, 1.165) is 18.1 Å². The molecule has 0 nitrogen and oxygen atoms in total. The molecule has 2 rings (SSSR count). The highest BCUT2D eigenvalue weighted by molar-refractivity contribution is 5.40. The Morgan fingerprint density at radius 2 is 1.35 bits per heavy atom. The second-order valence-electron chi connectivity index (χ2n) is 5.13. The molecule has 0 saturated heterocycles. The van der Waals surface area contributed by atoms with E-state index in [4.69, 9.17) is 0 Å². The van der Waals surface area contributed by atoms with Gasteiger partial charge in [0.05, 0.1) is 5.56 Å². The van der Waals surface area contributed by atoms with Crippen LogP contribution in [0.2, 0.25) is 0 Å². The Balaban J connectivity index is 2.53. The Morgan fingerprint density at radius 3 is 1.90 bits per heavy atom. The van der Waals surface area contributed by atoms with Crippen molar-refractivity contribution >= 4 is 0 Å². The molecular weight excluding hydrogens is 261 g/mol. The second-order valence-corrected chi connectivity index (χ2v) is 5.13. The largest absolute Gasteiger partial charge is 0.416 e. The first-order chi connectivity index (χ1) is 9.38. The maximum absolute atomic E-state index is 12.9. The van der Waals surface area contributed by atoms with Crippen molar-refractivity contribution in [2.45, 2.75) is 31.9 Å². The zero-order chi connectivity index (χ0) is 14.8. The van der Waals surface area contributed by atoms with Crippen LogP contribution < -0.4 is 0 Å². The van der Waals surface area contributed by atoms with E-state index in [-0.39, 0.29) is 0 Å². The summed E-state index contributed by atoms with van der Waals surface area (Å²) in [4.78, 5) is 0. The summed E-state index contributed by atoms with van der Waals surface area (Å²) in [5, 5.41) is 0. The van der Waals surface area contributed by atoms with Gasteiger partial charge in [0, 0.05) is 5.41 Å². The van der Waals surface area contributed by atoms with Crippen LogP contribution in [0.1, 0.15) is 37.0 Å². The summed E-state index contributed by atoms with van der Waals surface area (Å²) in [6, 6.07) is 15.3. The van der Waals surface area contributed by atoms with Crippen LogP contribution in [-0.4, -0.2) is 0 Å². The third kappa shape index (κ3) is 2.72. The summed E-state index contributed by atoms with van der Waals surface area (Å²) in [5.41, 5.74) is 0.719. The molecule has 0 bridgehead atoms. The Morgan fingerprint density at radius 1 is 0.800 bits per heavy atom. The van der Waals surface area contributed by atoms with Gasteiger partial charge in [-0.25, -0.2) is 0 Å². The molecule has 0 saturated carbocycles.